The highest BCUT2D eigenvalue weighted by molar-refractivity contribution is 7.99. The van der Waals surface area contributed by atoms with Crippen molar-refractivity contribution in [1.29, 1.82) is 0 Å². The number of benzene rings is 2. The second-order valence-corrected chi connectivity index (χ2v) is 5.80. The Kier molecular flexibility index (Phi) is 4.33. The highest BCUT2D eigenvalue weighted by atomic mass is 35.5. The van der Waals surface area contributed by atoms with E-state index in [0.717, 1.165) is 10.5 Å². The number of aliphatic hydroxyl groups is 1. The van der Waals surface area contributed by atoms with Gasteiger partial charge in [-0.25, -0.2) is 0 Å². The molecule has 3 heteroatoms. The first kappa shape index (κ1) is 13.5. The van der Waals surface area contributed by atoms with Gasteiger partial charge in [-0.2, -0.15) is 0 Å². The van der Waals surface area contributed by atoms with Crippen LogP contribution in [0.2, 0.25) is 5.02 Å². The second kappa shape index (κ2) is 5.79. The van der Waals surface area contributed by atoms with E-state index in [2.05, 4.69) is 32.0 Å². The lowest BCUT2D eigenvalue weighted by Crippen LogP contribution is -1.88. The monoisotopic (exact) mass is 278 g/mol. The van der Waals surface area contributed by atoms with Gasteiger partial charge in [0, 0.05) is 14.8 Å². The number of halogens is 1. The molecule has 0 radical (unpaired) electrons. The molecule has 0 amide bonds. The van der Waals surface area contributed by atoms with Crippen molar-refractivity contribution >= 4 is 23.4 Å². The van der Waals surface area contributed by atoms with Crippen LogP contribution in [0.4, 0.5) is 0 Å². The van der Waals surface area contributed by atoms with Crippen molar-refractivity contribution in [2.45, 2.75) is 30.2 Å². The minimum absolute atomic E-state index is 0.0322. The van der Waals surface area contributed by atoms with Crippen LogP contribution >= 0.6 is 23.4 Å². The molecule has 0 aromatic heterocycles. The summed E-state index contributed by atoms with van der Waals surface area (Å²) in [6, 6.07) is 11.9. The van der Waals surface area contributed by atoms with Gasteiger partial charge >= 0.3 is 0 Å². The summed E-state index contributed by atoms with van der Waals surface area (Å²) < 4.78 is 0. The first-order valence-electron chi connectivity index (χ1n) is 5.74. The van der Waals surface area contributed by atoms with E-state index in [1.54, 1.807) is 17.8 Å². The molecule has 1 nitrogen and oxygen atoms in total. The van der Waals surface area contributed by atoms with E-state index >= 15 is 0 Å². The number of hydrogen-bond acceptors (Lipinski definition) is 2. The minimum Gasteiger partial charge on any atom is -0.392 e. The summed E-state index contributed by atoms with van der Waals surface area (Å²) in [7, 11) is 0. The molecule has 2 aromatic carbocycles. The lowest BCUT2D eigenvalue weighted by molar-refractivity contribution is 0.279. The van der Waals surface area contributed by atoms with Gasteiger partial charge in [-0.15, -0.1) is 0 Å². The lowest BCUT2D eigenvalue weighted by Gasteiger charge is -2.10. The van der Waals surface area contributed by atoms with Crippen LogP contribution in [0.1, 0.15) is 16.7 Å². The van der Waals surface area contributed by atoms with Crippen molar-refractivity contribution in [3.8, 4) is 0 Å². The fourth-order valence-electron chi connectivity index (χ4n) is 1.79. The van der Waals surface area contributed by atoms with Crippen molar-refractivity contribution < 1.29 is 5.11 Å². The maximum Gasteiger partial charge on any atom is 0.0692 e. The largest absolute Gasteiger partial charge is 0.392 e. The standard InChI is InChI=1S/C15H15ClOS/c1-10-3-6-14(11(2)7-10)18-15-8-13(16)5-4-12(15)9-17/h3-8,17H,9H2,1-2H3. The third kappa shape index (κ3) is 3.08. The highest BCUT2D eigenvalue weighted by Crippen LogP contribution is 2.34. The molecule has 0 heterocycles. The molecule has 0 aliphatic carbocycles. The van der Waals surface area contributed by atoms with Crippen LogP contribution in [0.5, 0.6) is 0 Å². The van der Waals surface area contributed by atoms with Gasteiger partial charge in [0.05, 0.1) is 6.61 Å². The number of aryl methyl sites for hydroxylation is 2. The first-order chi connectivity index (χ1) is 8.60. The Bertz CT molecular complexity index is 566. The van der Waals surface area contributed by atoms with Crippen LogP contribution in [0.15, 0.2) is 46.2 Å². The predicted octanol–water partition coefficient (Wildman–Crippen LogP) is 4.60. The number of hydrogen-bond donors (Lipinski definition) is 1. The SMILES string of the molecule is Cc1ccc(Sc2cc(Cl)ccc2CO)c(C)c1. The summed E-state index contributed by atoms with van der Waals surface area (Å²) in [5.41, 5.74) is 3.40. The number of aliphatic hydroxyl groups excluding tert-OH is 1. The summed E-state index contributed by atoms with van der Waals surface area (Å²) in [5.74, 6) is 0. The Balaban J connectivity index is 2.36. The molecule has 94 valence electrons. The van der Waals surface area contributed by atoms with Crippen LogP contribution in [-0.2, 0) is 6.61 Å². The molecule has 0 fully saturated rings. The third-order valence-electron chi connectivity index (χ3n) is 2.75. The summed E-state index contributed by atoms with van der Waals surface area (Å²) in [6.07, 6.45) is 0. The molecule has 2 rings (SSSR count). The zero-order valence-corrected chi connectivity index (χ0v) is 12.0. The predicted molar refractivity (Wildman–Crippen MR) is 77.4 cm³/mol. The van der Waals surface area contributed by atoms with E-state index in [1.165, 1.54) is 16.0 Å². The quantitative estimate of drug-likeness (QED) is 0.885. The smallest absolute Gasteiger partial charge is 0.0692 e. The van der Waals surface area contributed by atoms with Crippen LogP contribution in [0, 0.1) is 13.8 Å². The van der Waals surface area contributed by atoms with Crippen LogP contribution in [-0.4, -0.2) is 5.11 Å². The van der Waals surface area contributed by atoms with Gasteiger partial charge in [-0.3, -0.25) is 0 Å². The normalized spacial score (nSPS) is 10.7. The molecule has 0 unspecified atom stereocenters. The lowest BCUT2D eigenvalue weighted by atomic mass is 10.2. The topological polar surface area (TPSA) is 20.2 Å². The Labute approximate surface area is 117 Å². The zero-order valence-electron chi connectivity index (χ0n) is 10.4. The molecule has 0 aliphatic heterocycles. The van der Waals surface area contributed by atoms with E-state index in [4.69, 9.17) is 11.6 Å². The maximum atomic E-state index is 9.34. The van der Waals surface area contributed by atoms with E-state index in [1.807, 2.05) is 12.1 Å². The Morgan fingerprint density at radius 3 is 2.50 bits per heavy atom. The molecule has 0 saturated carbocycles. The van der Waals surface area contributed by atoms with Crippen LogP contribution < -0.4 is 0 Å². The molecule has 1 N–H and O–H groups in total. The molecular formula is C15H15ClOS. The van der Waals surface area contributed by atoms with Crippen LogP contribution in [0.25, 0.3) is 0 Å². The molecule has 0 aliphatic rings. The number of rotatable bonds is 3. The molecule has 0 atom stereocenters. The molecule has 2 aromatic rings. The highest BCUT2D eigenvalue weighted by Gasteiger charge is 2.07. The summed E-state index contributed by atoms with van der Waals surface area (Å²) in [5, 5.41) is 10.0. The Hall–Kier alpha value is -0.960. The van der Waals surface area contributed by atoms with Gasteiger partial charge < -0.3 is 5.11 Å². The van der Waals surface area contributed by atoms with Crippen molar-refractivity contribution in [2.24, 2.45) is 0 Å². The van der Waals surface area contributed by atoms with Gasteiger partial charge in [-0.05, 0) is 43.2 Å². The molecule has 0 bridgehead atoms. The summed E-state index contributed by atoms with van der Waals surface area (Å²) in [4.78, 5) is 2.20. The molecule has 0 saturated heterocycles. The van der Waals surface area contributed by atoms with Crippen LogP contribution in [0.3, 0.4) is 0 Å². The fourth-order valence-corrected chi connectivity index (χ4v) is 3.07. The zero-order chi connectivity index (χ0) is 13.1. The van der Waals surface area contributed by atoms with E-state index in [0.29, 0.717) is 5.02 Å². The molecular weight excluding hydrogens is 264 g/mol. The fraction of sp³-hybridized carbons (Fsp3) is 0.200. The van der Waals surface area contributed by atoms with Crippen molar-refractivity contribution in [3.05, 3.63) is 58.1 Å². The van der Waals surface area contributed by atoms with Crippen molar-refractivity contribution in [2.75, 3.05) is 0 Å². The first-order valence-corrected chi connectivity index (χ1v) is 6.94. The van der Waals surface area contributed by atoms with Gasteiger partial charge in [0.2, 0.25) is 0 Å². The average Bonchev–Trinajstić information content (AvgIpc) is 2.33. The van der Waals surface area contributed by atoms with Gasteiger partial charge in [0.1, 0.15) is 0 Å². The average molecular weight is 279 g/mol. The van der Waals surface area contributed by atoms with Crippen molar-refractivity contribution in [3.63, 3.8) is 0 Å². The summed E-state index contributed by atoms with van der Waals surface area (Å²) >= 11 is 7.65. The van der Waals surface area contributed by atoms with Gasteiger partial charge in [-0.1, -0.05) is 47.1 Å². The van der Waals surface area contributed by atoms with Crippen molar-refractivity contribution in [1.82, 2.24) is 0 Å². The third-order valence-corrected chi connectivity index (χ3v) is 4.26. The van der Waals surface area contributed by atoms with E-state index in [9.17, 15) is 5.11 Å². The van der Waals surface area contributed by atoms with E-state index < -0.39 is 0 Å². The van der Waals surface area contributed by atoms with Gasteiger partial charge in [0.25, 0.3) is 0 Å². The van der Waals surface area contributed by atoms with Gasteiger partial charge in [0.15, 0.2) is 0 Å². The minimum atomic E-state index is 0.0322. The Morgan fingerprint density at radius 2 is 1.83 bits per heavy atom. The molecule has 18 heavy (non-hydrogen) atoms. The second-order valence-electron chi connectivity index (χ2n) is 4.28. The van der Waals surface area contributed by atoms with E-state index in [-0.39, 0.29) is 6.61 Å². The molecule has 0 spiro atoms. The summed E-state index contributed by atoms with van der Waals surface area (Å²) in [6.45, 7) is 4.21. The maximum absolute atomic E-state index is 9.34. The Morgan fingerprint density at radius 1 is 1.06 bits per heavy atom.